The van der Waals surface area contributed by atoms with Gasteiger partial charge in [-0.25, -0.2) is 15.0 Å². The molecule has 3 N–H and O–H groups in total. The molecule has 1 heterocycles. The van der Waals surface area contributed by atoms with E-state index < -0.39 is 23.7 Å². The molecule has 0 bridgehead atoms. The van der Waals surface area contributed by atoms with Crippen LogP contribution < -0.4 is 15.6 Å². The number of amides is 3. The molecule has 3 amide bonds. The van der Waals surface area contributed by atoms with Gasteiger partial charge in [0.05, 0.1) is 27.5 Å². The average molecular weight is 661 g/mol. The van der Waals surface area contributed by atoms with Crippen LogP contribution in [0, 0.1) is 0 Å². The number of halogens is 4. The second-order valence-electron chi connectivity index (χ2n) is 10.4. The number of hydrogen-bond donors (Lipinski definition) is 3. The number of fused-ring (bicyclic) bond motifs is 1. The van der Waals surface area contributed by atoms with Crippen LogP contribution in [0.3, 0.4) is 0 Å². The molecule has 0 saturated heterocycles. The summed E-state index contributed by atoms with van der Waals surface area (Å²) in [5, 5.41) is 15.2. The van der Waals surface area contributed by atoms with E-state index >= 15 is 0 Å². The van der Waals surface area contributed by atoms with Gasteiger partial charge in [0.25, 0.3) is 5.91 Å². The second-order valence-corrected chi connectivity index (χ2v) is 11.9. The van der Waals surface area contributed by atoms with Crippen molar-refractivity contribution in [3.8, 4) is 0 Å². The van der Waals surface area contributed by atoms with Crippen molar-refractivity contribution >= 4 is 58.4 Å². The molecule has 1 aliphatic heterocycles. The van der Waals surface area contributed by atoms with Gasteiger partial charge < -0.3 is 15.3 Å². The molecule has 8 nitrogen and oxygen atoms in total. The number of aromatic carboxylic acids is 1. The van der Waals surface area contributed by atoms with Gasteiger partial charge in [-0.1, -0.05) is 49.9 Å². The highest BCUT2D eigenvalue weighted by Crippen LogP contribution is 2.35. The van der Waals surface area contributed by atoms with Crippen LogP contribution in [-0.4, -0.2) is 41.0 Å². The standard InChI is InChI=1S/C32H32ClF3N4O4S/c1-2-3-4-5-16-40-27-15-13-23(45-17-6-7-20-8-10-21(11-9-20)30(42)43)19-24(27)28(29(40)41)38-39-31(44)37-26-14-12-22(18-25(26)33)32(34,35)36/h8-15,18-19H,2-7,16-17H2,1H3,(H,42,43)(H2,37,39,44)/b38-28-. The van der Waals surface area contributed by atoms with E-state index in [0.29, 0.717) is 23.9 Å². The zero-order chi connectivity index (χ0) is 32.6. The van der Waals surface area contributed by atoms with E-state index in [9.17, 15) is 27.6 Å². The van der Waals surface area contributed by atoms with Crippen molar-refractivity contribution < 1.29 is 32.7 Å². The molecule has 0 fully saturated rings. The summed E-state index contributed by atoms with van der Waals surface area (Å²) in [5.74, 6) is -0.551. The van der Waals surface area contributed by atoms with Gasteiger partial charge >= 0.3 is 18.2 Å². The number of nitrogens with zero attached hydrogens (tertiary/aromatic N) is 2. The number of alkyl halides is 3. The van der Waals surface area contributed by atoms with E-state index in [1.54, 1.807) is 28.8 Å². The Balaban J connectivity index is 1.45. The minimum absolute atomic E-state index is 0.0467. The van der Waals surface area contributed by atoms with Crippen molar-refractivity contribution in [1.29, 1.82) is 0 Å². The first-order chi connectivity index (χ1) is 21.5. The van der Waals surface area contributed by atoms with Crippen LogP contribution in [0.2, 0.25) is 5.02 Å². The lowest BCUT2D eigenvalue weighted by molar-refractivity contribution is -0.137. The zero-order valence-corrected chi connectivity index (χ0v) is 26.0. The summed E-state index contributed by atoms with van der Waals surface area (Å²) < 4.78 is 38.9. The van der Waals surface area contributed by atoms with E-state index in [1.165, 1.54) is 0 Å². The van der Waals surface area contributed by atoms with E-state index in [2.05, 4.69) is 22.8 Å². The maximum Gasteiger partial charge on any atom is 0.416 e. The molecule has 3 aromatic rings. The summed E-state index contributed by atoms with van der Waals surface area (Å²) in [6.45, 7) is 2.59. The number of rotatable bonds is 13. The third kappa shape index (κ3) is 9.01. The number of thioether (sulfide) groups is 1. The fraction of sp³-hybridized carbons (Fsp3) is 0.312. The van der Waals surface area contributed by atoms with Crippen LogP contribution in [0.5, 0.6) is 0 Å². The summed E-state index contributed by atoms with van der Waals surface area (Å²) in [4.78, 5) is 39.6. The third-order valence-corrected chi connectivity index (χ3v) is 8.48. The van der Waals surface area contributed by atoms with E-state index in [4.69, 9.17) is 16.7 Å². The Kier molecular flexibility index (Phi) is 11.5. The third-order valence-electron chi connectivity index (χ3n) is 7.09. The van der Waals surface area contributed by atoms with Gasteiger partial charge in [0.15, 0.2) is 5.71 Å². The topological polar surface area (TPSA) is 111 Å². The SMILES string of the molecule is CCCCCCN1C(=O)/C(=N\NC(=O)Nc2ccc(C(F)(F)F)cc2Cl)c2cc(SCCCc3ccc(C(=O)O)cc3)ccc21. The monoisotopic (exact) mass is 660 g/mol. The van der Waals surface area contributed by atoms with Crippen molar-refractivity contribution in [2.75, 3.05) is 22.5 Å². The number of nitrogens with one attached hydrogen (secondary N) is 2. The Labute approximate surface area is 268 Å². The number of carbonyl (C=O) groups excluding carboxylic acids is 2. The van der Waals surface area contributed by atoms with Crippen LogP contribution in [0.1, 0.15) is 66.1 Å². The summed E-state index contributed by atoms with van der Waals surface area (Å²) in [6.07, 6.45) is 0.890. The maximum atomic E-state index is 13.4. The molecule has 0 spiro atoms. The van der Waals surface area contributed by atoms with Crippen LogP contribution in [0.4, 0.5) is 29.3 Å². The molecule has 4 rings (SSSR count). The fourth-order valence-electron chi connectivity index (χ4n) is 4.74. The number of aryl methyl sites for hydroxylation is 1. The van der Waals surface area contributed by atoms with Crippen molar-refractivity contribution in [1.82, 2.24) is 5.43 Å². The number of carboxylic acids is 1. The molecular formula is C32H32ClF3N4O4S. The van der Waals surface area contributed by atoms with Crippen LogP contribution >= 0.6 is 23.4 Å². The van der Waals surface area contributed by atoms with Gasteiger partial charge in [0.2, 0.25) is 0 Å². The van der Waals surface area contributed by atoms with E-state index in [0.717, 1.165) is 66.9 Å². The number of anilines is 2. The molecular weight excluding hydrogens is 629 g/mol. The molecule has 0 radical (unpaired) electrons. The molecule has 0 aromatic heterocycles. The molecule has 0 aliphatic carbocycles. The van der Waals surface area contributed by atoms with E-state index in [1.807, 2.05) is 30.3 Å². The van der Waals surface area contributed by atoms with Gasteiger partial charge in [-0.2, -0.15) is 18.3 Å². The first-order valence-corrected chi connectivity index (χ1v) is 15.8. The fourth-order valence-corrected chi connectivity index (χ4v) is 5.86. The highest BCUT2D eigenvalue weighted by Gasteiger charge is 2.34. The lowest BCUT2D eigenvalue weighted by Gasteiger charge is -2.17. The molecule has 238 valence electrons. The highest BCUT2D eigenvalue weighted by atomic mass is 35.5. The number of carboxylic acid groups (broad SMARTS) is 1. The van der Waals surface area contributed by atoms with Gasteiger partial charge in [0.1, 0.15) is 0 Å². The van der Waals surface area contributed by atoms with Crippen molar-refractivity contribution in [2.24, 2.45) is 5.10 Å². The van der Waals surface area contributed by atoms with Crippen LogP contribution in [0.15, 0.2) is 70.7 Å². The Bertz CT molecular complexity index is 1580. The number of urea groups is 1. The summed E-state index contributed by atoms with van der Waals surface area (Å²) >= 11 is 7.55. The van der Waals surface area contributed by atoms with Gasteiger partial charge in [0, 0.05) is 17.0 Å². The summed E-state index contributed by atoms with van der Waals surface area (Å²) in [7, 11) is 0. The minimum atomic E-state index is -4.58. The lowest BCUT2D eigenvalue weighted by Crippen LogP contribution is -2.33. The highest BCUT2D eigenvalue weighted by molar-refractivity contribution is 7.99. The van der Waals surface area contributed by atoms with Crippen LogP contribution in [0.25, 0.3) is 0 Å². The molecule has 45 heavy (non-hydrogen) atoms. The Hall–Kier alpha value is -4.03. The van der Waals surface area contributed by atoms with Crippen molar-refractivity contribution in [3.63, 3.8) is 0 Å². The molecule has 13 heteroatoms. The predicted octanol–water partition coefficient (Wildman–Crippen LogP) is 8.23. The molecule has 3 aromatic carbocycles. The molecule has 0 atom stereocenters. The van der Waals surface area contributed by atoms with Crippen molar-refractivity contribution in [3.05, 3.63) is 87.9 Å². The normalized spacial score (nSPS) is 13.7. The largest absolute Gasteiger partial charge is 0.478 e. The number of carbonyl (C=O) groups is 3. The van der Waals surface area contributed by atoms with Gasteiger partial charge in [-0.3, -0.25) is 4.79 Å². The maximum absolute atomic E-state index is 13.4. The summed E-state index contributed by atoms with van der Waals surface area (Å²) in [6, 6.07) is 14.1. The summed E-state index contributed by atoms with van der Waals surface area (Å²) in [5.41, 5.74) is 3.87. The van der Waals surface area contributed by atoms with Gasteiger partial charge in [-0.15, -0.1) is 11.8 Å². The Morgan fingerprint density at radius 3 is 2.42 bits per heavy atom. The molecule has 0 unspecified atom stereocenters. The Morgan fingerprint density at radius 2 is 1.76 bits per heavy atom. The predicted molar refractivity (Wildman–Crippen MR) is 171 cm³/mol. The average Bonchev–Trinajstić information content (AvgIpc) is 3.26. The second kappa shape index (κ2) is 15.3. The smallest absolute Gasteiger partial charge is 0.416 e. The quantitative estimate of drug-likeness (QED) is 0.0972. The minimum Gasteiger partial charge on any atom is -0.478 e. The number of hydrazone groups is 1. The van der Waals surface area contributed by atoms with Crippen LogP contribution in [-0.2, 0) is 17.4 Å². The number of benzene rings is 3. The number of unbranched alkanes of at least 4 members (excludes halogenated alkanes) is 3. The zero-order valence-electron chi connectivity index (χ0n) is 24.4. The number of hydrogen-bond acceptors (Lipinski definition) is 5. The Morgan fingerprint density at radius 1 is 1.00 bits per heavy atom. The first kappa shape index (κ1) is 33.9. The van der Waals surface area contributed by atoms with Crippen molar-refractivity contribution in [2.45, 2.75) is 56.5 Å². The lowest BCUT2D eigenvalue weighted by atomic mass is 10.1. The van der Waals surface area contributed by atoms with Gasteiger partial charge in [-0.05, 0) is 79.1 Å². The first-order valence-electron chi connectivity index (χ1n) is 14.4. The molecule has 0 saturated carbocycles. The molecule has 1 aliphatic rings. The van der Waals surface area contributed by atoms with E-state index in [-0.39, 0.29) is 27.9 Å².